The van der Waals surface area contributed by atoms with Gasteiger partial charge in [0.05, 0.1) is 23.1 Å². The molecule has 1 saturated heterocycles. The van der Waals surface area contributed by atoms with E-state index in [9.17, 15) is 8.78 Å². The van der Waals surface area contributed by atoms with Gasteiger partial charge in [0.1, 0.15) is 17.3 Å². The van der Waals surface area contributed by atoms with Crippen molar-refractivity contribution in [3.05, 3.63) is 113 Å². The molecule has 1 fully saturated rings. The minimum Gasteiger partial charge on any atom is -0.397 e. The van der Waals surface area contributed by atoms with Crippen molar-refractivity contribution in [3.8, 4) is 0 Å². The molecule has 2 aromatic carbocycles. The molecule has 0 aliphatic carbocycles. The average Bonchev–Trinajstić information content (AvgIpc) is 2.95. The first-order valence-electron chi connectivity index (χ1n) is 14.0. The van der Waals surface area contributed by atoms with Gasteiger partial charge in [0.15, 0.2) is 0 Å². The van der Waals surface area contributed by atoms with Crippen molar-refractivity contribution >= 4 is 11.4 Å². The van der Waals surface area contributed by atoms with Crippen molar-refractivity contribution in [2.45, 2.75) is 39.3 Å². The second-order valence-electron chi connectivity index (χ2n) is 10.9. The van der Waals surface area contributed by atoms with Crippen molar-refractivity contribution in [1.29, 1.82) is 0 Å². The van der Waals surface area contributed by atoms with Crippen molar-refractivity contribution in [1.82, 2.24) is 14.8 Å². The summed E-state index contributed by atoms with van der Waals surface area (Å²) in [5.74, 6) is -0.263. The molecule has 0 saturated carbocycles. The summed E-state index contributed by atoms with van der Waals surface area (Å²) in [6.45, 7) is 12.7. The van der Waals surface area contributed by atoms with Crippen molar-refractivity contribution < 1.29 is 8.78 Å². The fourth-order valence-electron chi connectivity index (χ4n) is 5.60. The Bertz CT molecular complexity index is 1290. The van der Waals surface area contributed by atoms with Crippen LogP contribution in [-0.2, 0) is 6.42 Å². The lowest BCUT2D eigenvalue weighted by Gasteiger charge is -2.48. The maximum Gasteiger partial charge on any atom is 0.123 e. The number of rotatable bonds is 9. The zero-order valence-electron chi connectivity index (χ0n) is 24.2. The van der Waals surface area contributed by atoms with Crippen LogP contribution in [0.4, 0.5) is 14.5 Å². The third-order valence-electron chi connectivity index (χ3n) is 7.74. The van der Waals surface area contributed by atoms with Gasteiger partial charge in [0.2, 0.25) is 0 Å². The summed E-state index contributed by atoms with van der Waals surface area (Å²) < 4.78 is 27.8. The van der Waals surface area contributed by atoms with Gasteiger partial charge in [-0.05, 0) is 65.9 Å². The molecule has 40 heavy (non-hydrogen) atoms. The molecule has 212 valence electrons. The van der Waals surface area contributed by atoms with Crippen LogP contribution in [0.3, 0.4) is 0 Å². The van der Waals surface area contributed by atoms with E-state index in [2.05, 4.69) is 54.2 Å². The Kier molecular flexibility index (Phi) is 9.25. The van der Waals surface area contributed by atoms with E-state index in [1.807, 2.05) is 38.4 Å². The van der Waals surface area contributed by atoms with Crippen LogP contribution < -0.4 is 10.6 Å². The second kappa shape index (κ2) is 12.6. The first kappa shape index (κ1) is 29.3. The Morgan fingerprint density at radius 2 is 1.57 bits per heavy atom. The van der Waals surface area contributed by atoms with Gasteiger partial charge in [0.25, 0.3) is 0 Å². The number of benzene rings is 2. The summed E-state index contributed by atoms with van der Waals surface area (Å²) in [5, 5.41) is 0. The summed E-state index contributed by atoms with van der Waals surface area (Å²) in [4.78, 5) is 11.9. The minimum absolute atomic E-state index is 0.124. The summed E-state index contributed by atoms with van der Waals surface area (Å²) in [6, 6.07) is 17.4. The fourth-order valence-corrected chi connectivity index (χ4v) is 5.60. The number of nitrogens with two attached hydrogens (primary N) is 1. The molecule has 1 atom stereocenters. The van der Waals surface area contributed by atoms with E-state index in [1.165, 1.54) is 24.3 Å². The van der Waals surface area contributed by atoms with E-state index in [4.69, 9.17) is 10.7 Å². The zero-order chi connectivity index (χ0) is 29.0. The van der Waals surface area contributed by atoms with Crippen LogP contribution >= 0.6 is 0 Å². The maximum absolute atomic E-state index is 13.9. The van der Waals surface area contributed by atoms with Crippen LogP contribution in [-0.4, -0.2) is 54.6 Å². The molecule has 1 aromatic heterocycles. The summed E-state index contributed by atoms with van der Waals surface area (Å²) in [5.41, 5.74) is 12.9. The Morgan fingerprint density at radius 1 is 1.00 bits per heavy atom. The molecule has 0 spiro atoms. The lowest BCUT2D eigenvalue weighted by Crippen LogP contribution is -2.56. The largest absolute Gasteiger partial charge is 0.397 e. The molecule has 3 aromatic rings. The molecule has 1 aliphatic rings. The van der Waals surface area contributed by atoms with Gasteiger partial charge in [0, 0.05) is 45.5 Å². The SMILES string of the molecule is C=C/C(N)=C(\c1nc(CC)ccc1N(C)C)N1CCN(C(c2ccc(F)cc2)c2ccc(F)cc2)C(C(C)C)C1. The zero-order valence-corrected chi connectivity index (χ0v) is 24.2. The van der Waals surface area contributed by atoms with Gasteiger partial charge in [-0.2, -0.15) is 0 Å². The predicted octanol–water partition coefficient (Wildman–Crippen LogP) is 6.23. The molecule has 7 heteroatoms. The van der Waals surface area contributed by atoms with E-state index in [0.29, 0.717) is 24.7 Å². The van der Waals surface area contributed by atoms with Gasteiger partial charge in [-0.25, -0.2) is 13.8 Å². The molecule has 2 N–H and O–H groups in total. The van der Waals surface area contributed by atoms with Crippen LogP contribution in [0.25, 0.3) is 5.70 Å². The summed E-state index contributed by atoms with van der Waals surface area (Å²) >= 11 is 0. The van der Waals surface area contributed by atoms with Crippen molar-refractivity contribution in [3.63, 3.8) is 0 Å². The highest BCUT2D eigenvalue weighted by atomic mass is 19.1. The van der Waals surface area contributed by atoms with E-state index in [-0.39, 0.29) is 23.7 Å². The predicted molar refractivity (Wildman–Crippen MR) is 161 cm³/mol. The van der Waals surface area contributed by atoms with E-state index >= 15 is 0 Å². The van der Waals surface area contributed by atoms with Gasteiger partial charge >= 0.3 is 0 Å². The van der Waals surface area contributed by atoms with Crippen molar-refractivity contribution in [2.24, 2.45) is 11.7 Å². The number of aryl methyl sites for hydroxylation is 1. The number of halogens is 2. The lowest BCUT2D eigenvalue weighted by atomic mass is 9.90. The number of piperazine rings is 1. The number of nitrogens with zero attached hydrogens (tertiary/aromatic N) is 4. The molecular formula is C33H41F2N5. The molecule has 4 rings (SSSR count). The molecular weight excluding hydrogens is 504 g/mol. The summed E-state index contributed by atoms with van der Waals surface area (Å²) in [6.07, 6.45) is 2.52. The third kappa shape index (κ3) is 6.20. The number of anilines is 1. The highest BCUT2D eigenvalue weighted by Gasteiger charge is 2.37. The van der Waals surface area contributed by atoms with Gasteiger partial charge in [-0.1, -0.05) is 51.6 Å². The highest BCUT2D eigenvalue weighted by molar-refractivity contribution is 5.76. The topological polar surface area (TPSA) is 48.6 Å². The first-order chi connectivity index (χ1) is 19.1. The van der Waals surface area contributed by atoms with Gasteiger partial charge < -0.3 is 15.5 Å². The molecule has 0 radical (unpaired) electrons. The quantitative estimate of drug-likeness (QED) is 0.323. The highest BCUT2D eigenvalue weighted by Crippen LogP contribution is 2.37. The summed E-state index contributed by atoms with van der Waals surface area (Å²) in [7, 11) is 4.03. The average molecular weight is 546 g/mol. The van der Waals surface area contributed by atoms with Crippen LogP contribution in [0.2, 0.25) is 0 Å². The Hall–Kier alpha value is -3.71. The first-order valence-corrected chi connectivity index (χ1v) is 14.0. The maximum atomic E-state index is 13.9. The van der Waals surface area contributed by atoms with E-state index in [1.54, 1.807) is 6.08 Å². The second-order valence-corrected chi connectivity index (χ2v) is 10.9. The fraction of sp³-hybridized carbons (Fsp3) is 0.364. The number of allylic oxidation sites excluding steroid dienone is 1. The number of hydrogen-bond acceptors (Lipinski definition) is 5. The monoisotopic (exact) mass is 545 g/mol. The van der Waals surface area contributed by atoms with Crippen LogP contribution in [0.15, 0.2) is 79.0 Å². The van der Waals surface area contributed by atoms with Crippen molar-refractivity contribution in [2.75, 3.05) is 38.6 Å². The van der Waals surface area contributed by atoms with Gasteiger partial charge in [-0.15, -0.1) is 0 Å². The molecule has 0 bridgehead atoms. The Balaban J connectivity index is 1.78. The van der Waals surface area contributed by atoms with Crippen LogP contribution in [0.1, 0.15) is 49.3 Å². The Labute approximate surface area is 237 Å². The Morgan fingerprint density at radius 3 is 2.05 bits per heavy atom. The smallest absolute Gasteiger partial charge is 0.123 e. The van der Waals surface area contributed by atoms with E-state index in [0.717, 1.165) is 46.9 Å². The van der Waals surface area contributed by atoms with Crippen LogP contribution in [0, 0.1) is 17.6 Å². The number of aromatic nitrogens is 1. The van der Waals surface area contributed by atoms with E-state index < -0.39 is 0 Å². The van der Waals surface area contributed by atoms with Crippen LogP contribution in [0.5, 0.6) is 0 Å². The molecule has 5 nitrogen and oxygen atoms in total. The standard InChI is InChI=1S/C33H41F2N5/c1-7-27-17-18-29(38(5)6)31(37-27)33(28(36)8-2)39-19-20-40(30(21-39)22(3)4)32(23-9-13-25(34)14-10-23)24-11-15-26(35)16-12-24/h8-18,22,30,32H,2,7,19-21,36H2,1,3-6H3/b33-28-. The van der Waals surface area contributed by atoms with Gasteiger partial charge in [-0.3, -0.25) is 4.90 Å². The molecule has 1 aliphatic heterocycles. The molecule has 2 heterocycles. The normalized spacial score (nSPS) is 16.8. The lowest BCUT2D eigenvalue weighted by molar-refractivity contribution is 0.0522. The third-order valence-corrected chi connectivity index (χ3v) is 7.74. The minimum atomic E-state index is -0.278. The number of hydrogen-bond donors (Lipinski definition) is 1. The molecule has 0 amide bonds. The number of pyridine rings is 1. The molecule has 1 unspecified atom stereocenters.